The average molecular weight is 301 g/mol. The first-order valence-electron chi connectivity index (χ1n) is 7.43. The zero-order valence-corrected chi connectivity index (χ0v) is 12.3. The van der Waals surface area contributed by atoms with E-state index in [1.807, 2.05) is 30.3 Å². The van der Waals surface area contributed by atoms with Crippen LogP contribution in [0, 0.1) is 0 Å². The van der Waals surface area contributed by atoms with Crippen LogP contribution in [0.3, 0.4) is 0 Å². The number of hydrogen-bond acceptors (Lipinski definition) is 4. The van der Waals surface area contributed by atoms with Crippen molar-refractivity contribution in [2.45, 2.75) is 0 Å². The van der Waals surface area contributed by atoms with E-state index in [1.54, 1.807) is 6.07 Å². The van der Waals surface area contributed by atoms with Gasteiger partial charge in [-0.15, -0.1) is 0 Å². The summed E-state index contributed by atoms with van der Waals surface area (Å²) in [5.74, 6) is -0.530. The van der Waals surface area contributed by atoms with Gasteiger partial charge in [0, 0.05) is 19.6 Å². The molecule has 5 nitrogen and oxygen atoms in total. The van der Waals surface area contributed by atoms with E-state index < -0.39 is 5.97 Å². The van der Waals surface area contributed by atoms with E-state index in [-0.39, 0.29) is 5.56 Å². The lowest BCUT2D eigenvalue weighted by molar-refractivity contribution is 0.0321. The molecule has 0 aromatic heterocycles. The second kappa shape index (κ2) is 6.77. The highest BCUT2D eigenvalue weighted by atomic mass is 16.5. The summed E-state index contributed by atoms with van der Waals surface area (Å²) in [6, 6.07) is 11.1. The van der Waals surface area contributed by atoms with Crippen molar-refractivity contribution >= 4 is 16.7 Å². The Bertz CT molecular complexity index is 665. The molecule has 116 valence electrons. The minimum atomic E-state index is -0.960. The molecule has 5 heteroatoms. The smallest absolute Gasteiger partial charge is 0.340 e. The number of carbonyl (C=O) groups is 1. The first kappa shape index (κ1) is 14.8. The van der Waals surface area contributed by atoms with E-state index in [2.05, 4.69) is 4.90 Å². The van der Waals surface area contributed by atoms with Gasteiger partial charge in [0.1, 0.15) is 17.9 Å². The van der Waals surface area contributed by atoms with Gasteiger partial charge in [0.25, 0.3) is 0 Å². The van der Waals surface area contributed by atoms with Crippen molar-refractivity contribution < 1.29 is 19.4 Å². The number of rotatable bonds is 5. The van der Waals surface area contributed by atoms with Crippen LogP contribution in [0.2, 0.25) is 0 Å². The monoisotopic (exact) mass is 301 g/mol. The molecule has 0 spiro atoms. The number of nitrogens with zero attached hydrogens (tertiary/aromatic N) is 1. The standard InChI is InChI=1S/C17H19NO4/c19-17(20)16-14-4-2-1-3-13(14)5-6-15(16)22-12-9-18-7-10-21-11-8-18/h1-6H,7-12H2,(H,19,20). The zero-order chi connectivity index (χ0) is 15.4. The highest BCUT2D eigenvalue weighted by molar-refractivity contribution is 6.06. The minimum Gasteiger partial charge on any atom is -0.491 e. The fourth-order valence-electron chi connectivity index (χ4n) is 2.70. The number of carboxylic acid groups (broad SMARTS) is 1. The molecule has 22 heavy (non-hydrogen) atoms. The second-order valence-corrected chi connectivity index (χ2v) is 5.27. The molecule has 2 aromatic rings. The molecule has 2 aromatic carbocycles. The molecule has 0 unspecified atom stereocenters. The molecule has 1 saturated heterocycles. The van der Waals surface area contributed by atoms with Gasteiger partial charge >= 0.3 is 5.97 Å². The summed E-state index contributed by atoms with van der Waals surface area (Å²) in [4.78, 5) is 13.8. The van der Waals surface area contributed by atoms with E-state index in [4.69, 9.17) is 9.47 Å². The quantitative estimate of drug-likeness (QED) is 0.918. The Morgan fingerprint density at radius 1 is 1.18 bits per heavy atom. The summed E-state index contributed by atoms with van der Waals surface area (Å²) in [5, 5.41) is 11.1. The van der Waals surface area contributed by atoms with Crippen LogP contribution in [0.15, 0.2) is 36.4 Å². The Morgan fingerprint density at radius 2 is 1.95 bits per heavy atom. The highest BCUT2D eigenvalue weighted by Crippen LogP contribution is 2.28. The third-order valence-electron chi connectivity index (χ3n) is 3.87. The molecule has 1 heterocycles. The van der Waals surface area contributed by atoms with Crippen molar-refractivity contribution in [1.29, 1.82) is 0 Å². The van der Waals surface area contributed by atoms with Crippen LogP contribution >= 0.6 is 0 Å². The van der Waals surface area contributed by atoms with Crippen LogP contribution in [0.1, 0.15) is 10.4 Å². The summed E-state index contributed by atoms with van der Waals surface area (Å²) in [6.07, 6.45) is 0. The third-order valence-corrected chi connectivity index (χ3v) is 3.87. The van der Waals surface area contributed by atoms with Crippen LogP contribution in [0.4, 0.5) is 0 Å². The van der Waals surface area contributed by atoms with Gasteiger partial charge in [0.15, 0.2) is 0 Å². The SMILES string of the molecule is O=C(O)c1c(OCCN2CCOCC2)ccc2ccccc12. The van der Waals surface area contributed by atoms with Crippen molar-refractivity contribution in [2.24, 2.45) is 0 Å². The average Bonchev–Trinajstić information content (AvgIpc) is 2.55. The third kappa shape index (κ3) is 3.21. The summed E-state index contributed by atoms with van der Waals surface area (Å²) < 4.78 is 11.0. The predicted octanol–water partition coefficient (Wildman–Crippen LogP) is 2.25. The van der Waals surface area contributed by atoms with Crippen LogP contribution in [-0.4, -0.2) is 55.4 Å². The summed E-state index contributed by atoms with van der Waals surface area (Å²) in [6.45, 7) is 4.53. The molecule has 1 fully saturated rings. The predicted molar refractivity (Wildman–Crippen MR) is 83.7 cm³/mol. The lowest BCUT2D eigenvalue weighted by Crippen LogP contribution is -2.38. The highest BCUT2D eigenvalue weighted by Gasteiger charge is 2.16. The van der Waals surface area contributed by atoms with Gasteiger partial charge in [-0.05, 0) is 16.8 Å². The van der Waals surface area contributed by atoms with Gasteiger partial charge < -0.3 is 14.6 Å². The summed E-state index contributed by atoms with van der Waals surface area (Å²) in [7, 11) is 0. The number of ether oxygens (including phenoxy) is 2. The topological polar surface area (TPSA) is 59.0 Å². The van der Waals surface area contributed by atoms with Crippen LogP contribution < -0.4 is 4.74 Å². The molecule has 1 N–H and O–H groups in total. The maximum absolute atomic E-state index is 11.6. The molecule has 1 aliphatic heterocycles. The van der Waals surface area contributed by atoms with Gasteiger partial charge in [-0.1, -0.05) is 30.3 Å². The van der Waals surface area contributed by atoms with Crippen LogP contribution in [-0.2, 0) is 4.74 Å². The first-order chi connectivity index (χ1) is 10.8. The van der Waals surface area contributed by atoms with Gasteiger partial charge in [-0.25, -0.2) is 4.79 Å². The van der Waals surface area contributed by atoms with Crippen molar-refractivity contribution in [2.75, 3.05) is 39.5 Å². The first-order valence-corrected chi connectivity index (χ1v) is 7.43. The Morgan fingerprint density at radius 3 is 2.73 bits per heavy atom. The Balaban J connectivity index is 1.75. The lowest BCUT2D eigenvalue weighted by Gasteiger charge is -2.26. The number of hydrogen-bond donors (Lipinski definition) is 1. The van der Waals surface area contributed by atoms with Gasteiger partial charge in [-0.2, -0.15) is 0 Å². The molecular weight excluding hydrogens is 282 g/mol. The van der Waals surface area contributed by atoms with E-state index in [0.29, 0.717) is 17.7 Å². The summed E-state index contributed by atoms with van der Waals surface area (Å²) >= 11 is 0. The van der Waals surface area contributed by atoms with E-state index >= 15 is 0 Å². The van der Waals surface area contributed by atoms with Crippen LogP contribution in [0.5, 0.6) is 5.75 Å². The van der Waals surface area contributed by atoms with Gasteiger partial charge in [0.2, 0.25) is 0 Å². The van der Waals surface area contributed by atoms with Crippen LogP contribution in [0.25, 0.3) is 10.8 Å². The molecule has 0 bridgehead atoms. The van der Waals surface area contributed by atoms with E-state index in [1.165, 1.54) is 0 Å². The molecule has 1 aliphatic rings. The van der Waals surface area contributed by atoms with Crippen molar-refractivity contribution in [3.63, 3.8) is 0 Å². The molecule has 0 atom stereocenters. The molecule has 0 saturated carbocycles. The Hall–Kier alpha value is -2.11. The number of benzene rings is 2. The maximum atomic E-state index is 11.6. The zero-order valence-electron chi connectivity index (χ0n) is 12.3. The number of aromatic carboxylic acids is 1. The Kier molecular flexibility index (Phi) is 4.56. The largest absolute Gasteiger partial charge is 0.491 e. The van der Waals surface area contributed by atoms with Crippen molar-refractivity contribution in [3.8, 4) is 5.75 Å². The normalized spacial score (nSPS) is 15.8. The fraction of sp³-hybridized carbons (Fsp3) is 0.353. The summed E-state index contributed by atoms with van der Waals surface area (Å²) in [5.41, 5.74) is 0.236. The van der Waals surface area contributed by atoms with Gasteiger partial charge in [-0.3, -0.25) is 4.90 Å². The molecule has 0 aliphatic carbocycles. The van der Waals surface area contributed by atoms with E-state index in [0.717, 1.165) is 38.2 Å². The molecule has 3 rings (SSSR count). The number of carboxylic acids is 1. The minimum absolute atomic E-state index is 0.236. The molecular formula is C17H19NO4. The Labute approximate surface area is 129 Å². The molecule has 0 amide bonds. The van der Waals surface area contributed by atoms with E-state index in [9.17, 15) is 9.90 Å². The van der Waals surface area contributed by atoms with Crippen molar-refractivity contribution in [3.05, 3.63) is 42.0 Å². The number of fused-ring (bicyclic) bond motifs is 1. The van der Waals surface area contributed by atoms with Gasteiger partial charge in [0.05, 0.1) is 13.2 Å². The van der Waals surface area contributed by atoms with Crippen molar-refractivity contribution in [1.82, 2.24) is 4.90 Å². The second-order valence-electron chi connectivity index (χ2n) is 5.27. The lowest BCUT2D eigenvalue weighted by atomic mass is 10.0. The maximum Gasteiger partial charge on any atom is 0.340 e. The number of morpholine rings is 1. The fourth-order valence-corrected chi connectivity index (χ4v) is 2.70. The molecule has 0 radical (unpaired) electrons.